The van der Waals surface area contributed by atoms with Crippen molar-refractivity contribution in [3.05, 3.63) is 0 Å². The van der Waals surface area contributed by atoms with E-state index in [1.54, 1.807) is 0 Å². The first-order valence-electron chi connectivity index (χ1n) is 6.83. The van der Waals surface area contributed by atoms with Crippen molar-refractivity contribution >= 4 is 0 Å². The summed E-state index contributed by atoms with van der Waals surface area (Å²) < 4.78 is 0. The first-order chi connectivity index (χ1) is 7.15. The van der Waals surface area contributed by atoms with Crippen LogP contribution in [0, 0.1) is 23.7 Å². The third-order valence-electron chi connectivity index (χ3n) is 4.50. The van der Waals surface area contributed by atoms with E-state index in [9.17, 15) is 5.11 Å². The predicted molar refractivity (Wildman–Crippen MR) is 63.6 cm³/mol. The number of fused-ring (bicyclic) bond motifs is 1. The quantitative estimate of drug-likeness (QED) is 0.738. The van der Waals surface area contributed by atoms with E-state index in [1.807, 2.05) is 0 Å². The molecule has 4 unspecified atom stereocenters. The highest BCUT2D eigenvalue weighted by Crippen LogP contribution is 2.44. The number of hydrogen-bond acceptors (Lipinski definition) is 1. The molecule has 2 fully saturated rings. The zero-order chi connectivity index (χ0) is 10.8. The van der Waals surface area contributed by atoms with Crippen molar-refractivity contribution in [2.75, 3.05) is 0 Å². The van der Waals surface area contributed by atoms with Gasteiger partial charge in [-0.05, 0) is 62.2 Å². The topological polar surface area (TPSA) is 20.2 Å². The molecular weight excluding hydrogens is 184 g/mol. The SMILES string of the molecule is CC(C)CC1CCC2CCC(O)CC2C1. The van der Waals surface area contributed by atoms with Gasteiger partial charge in [0.15, 0.2) is 0 Å². The molecule has 0 spiro atoms. The molecule has 2 aliphatic carbocycles. The molecule has 1 heteroatoms. The molecule has 2 saturated carbocycles. The van der Waals surface area contributed by atoms with Crippen LogP contribution in [0.25, 0.3) is 0 Å². The molecule has 15 heavy (non-hydrogen) atoms. The fourth-order valence-electron chi connectivity index (χ4n) is 3.85. The highest BCUT2D eigenvalue weighted by molar-refractivity contribution is 4.86. The standard InChI is InChI=1S/C14H26O/c1-10(2)7-11-3-4-12-5-6-14(15)9-13(12)8-11/h10-15H,3-9H2,1-2H3. The molecule has 2 aliphatic rings. The molecule has 0 amide bonds. The molecule has 4 atom stereocenters. The molecule has 0 aliphatic heterocycles. The Morgan fingerprint density at radius 3 is 2.47 bits per heavy atom. The van der Waals surface area contributed by atoms with E-state index in [0.29, 0.717) is 0 Å². The second kappa shape index (κ2) is 4.86. The Hall–Kier alpha value is -0.0400. The monoisotopic (exact) mass is 210 g/mol. The van der Waals surface area contributed by atoms with Crippen LogP contribution in [-0.2, 0) is 0 Å². The highest BCUT2D eigenvalue weighted by atomic mass is 16.3. The van der Waals surface area contributed by atoms with Crippen molar-refractivity contribution in [3.8, 4) is 0 Å². The molecule has 0 aromatic heterocycles. The molecular formula is C14H26O. The maximum atomic E-state index is 9.72. The van der Waals surface area contributed by atoms with E-state index in [2.05, 4.69) is 13.8 Å². The second-order valence-electron chi connectivity index (χ2n) is 6.30. The highest BCUT2D eigenvalue weighted by Gasteiger charge is 2.34. The minimum Gasteiger partial charge on any atom is -0.393 e. The molecule has 0 radical (unpaired) electrons. The third kappa shape index (κ3) is 2.96. The fraction of sp³-hybridized carbons (Fsp3) is 1.00. The minimum atomic E-state index is 0.0176. The van der Waals surface area contributed by atoms with Gasteiger partial charge in [-0.2, -0.15) is 0 Å². The Balaban J connectivity index is 1.86. The summed E-state index contributed by atoms with van der Waals surface area (Å²) in [4.78, 5) is 0. The zero-order valence-electron chi connectivity index (χ0n) is 10.3. The third-order valence-corrected chi connectivity index (χ3v) is 4.50. The lowest BCUT2D eigenvalue weighted by Gasteiger charge is -2.41. The summed E-state index contributed by atoms with van der Waals surface area (Å²) in [6, 6.07) is 0. The van der Waals surface area contributed by atoms with Crippen LogP contribution in [0.3, 0.4) is 0 Å². The molecule has 0 bridgehead atoms. The van der Waals surface area contributed by atoms with Gasteiger partial charge in [-0.1, -0.05) is 20.3 Å². The molecule has 0 saturated heterocycles. The van der Waals surface area contributed by atoms with Crippen molar-refractivity contribution in [2.24, 2.45) is 23.7 Å². The van der Waals surface area contributed by atoms with E-state index in [0.717, 1.165) is 36.5 Å². The van der Waals surface area contributed by atoms with Crippen LogP contribution in [0.4, 0.5) is 0 Å². The maximum Gasteiger partial charge on any atom is 0.0543 e. The Morgan fingerprint density at radius 1 is 1.00 bits per heavy atom. The minimum absolute atomic E-state index is 0.0176. The maximum absolute atomic E-state index is 9.72. The number of aliphatic hydroxyl groups is 1. The van der Waals surface area contributed by atoms with Crippen LogP contribution in [0.1, 0.15) is 58.8 Å². The number of rotatable bonds is 2. The summed E-state index contributed by atoms with van der Waals surface area (Å²) in [5.74, 6) is 3.61. The molecule has 1 nitrogen and oxygen atoms in total. The van der Waals surface area contributed by atoms with Crippen molar-refractivity contribution in [1.29, 1.82) is 0 Å². The Bertz CT molecular complexity index is 200. The van der Waals surface area contributed by atoms with E-state index in [-0.39, 0.29) is 6.10 Å². The van der Waals surface area contributed by atoms with Gasteiger partial charge in [-0.25, -0.2) is 0 Å². The first kappa shape index (κ1) is 11.4. The van der Waals surface area contributed by atoms with Gasteiger partial charge in [-0.15, -0.1) is 0 Å². The van der Waals surface area contributed by atoms with Crippen LogP contribution in [-0.4, -0.2) is 11.2 Å². The zero-order valence-corrected chi connectivity index (χ0v) is 10.3. The van der Waals surface area contributed by atoms with E-state index >= 15 is 0 Å². The van der Waals surface area contributed by atoms with E-state index < -0.39 is 0 Å². The number of aliphatic hydroxyl groups excluding tert-OH is 1. The van der Waals surface area contributed by atoms with Crippen molar-refractivity contribution < 1.29 is 5.11 Å². The van der Waals surface area contributed by atoms with Crippen LogP contribution < -0.4 is 0 Å². The summed E-state index contributed by atoms with van der Waals surface area (Å²) in [6.45, 7) is 4.67. The fourth-order valence-corrected chi connectivity index (χ4v) is 3.85. The van der Waals surface area contributed by atoms with Crippen molar-refractivity contribution in [2.45, 2.75) is 64.9 Å². The lowest BCUT2D eigenvalue weighted by molar-refractivity contribution is 0.0317. The van der Waals surface area contributed by atoms with Crippen LogP contribution in [0.5, 0.6) is 0 Å². The van der Waals surface area contributed by atoms with Gasteiger partial charge >= 0.3 is 0 Å². The normalized spacial score (nSPS) is 41.6. The van der Waals surface area contributed by atoms with Gasteiger partial charge in [-0.3, -0.25) is 0 Å². The van der Waals surface area contributed by atoms with Crippen molar-refractivity contribution in [3.63, 3.8) is 0 Å². The summed E-state index contributed by atoms with van der Waals surface area (Å²) in [5.41, 5.74) is 0. The van der Waals surface area contributed by atoms with E-state index in [4.69, 9.17) is 0 Å². The van der Waals surface area contributed by atoms with Gasteiger partial charge in [0, 0.05) is 0 Å². The lowest BCUT2D eigenvalue weighted by atomic mass is 9.65. The first-order valence-corrected chi connectivity index (χ1v) is 6.83. The average Bonchev–Trinajstić information content (AvgIpc) is 2.16. The number of hydrogen-bond donors (Lipinski definition) is 1. The second-order valence-corrected chi connectivity index (χ2v) is 6.30. The van der Waals surface area contributed by atoms with Gasteiger partial charge in [0.1, 0.15) is 0 Å². The predicted octanol–water partition coefficient (Wildman–Crippen LogP) is 3.61. The van der Waals surface area contributed by atoms with E-state index in [1.165, 1.54) is 32.1 Å². The largest absolute Gasteiger partial charge is 0.393 e. The lowest BCUT2D eigenvalue weighted by Crippen LogP contribution is -2.33. The molecule has 0 aromatic rings. The summed E-state index contributed by atoms with van der Waals surface area (Å²) in [6.07, 6.45) is 9.17. The van der Waals surface area contributed by atoms with Crippen LogP contribution >= 0.6 is 0 Å². The Labute approximate surface area is 94.3 Å². The van der Waals surface area contributed by atoms with Gasteiger partial charge < -0.3 is 5.11 Å². The molecule has 88 valence electrons. The summed E-state index contributed by atoms with van der Waals surface area (Å²) in [5, 5.41) is 9.72. The Morgan fingerprint density at radius 2 is 1.73 bits per heavy atom. The molecule has 2 rings (SSSR count). The molecule has 1 N–H and O–H groups in total. The van der Waals surface area contributed by atoms with Crippen LogP contribution in [0.2, 0.25) is 0 Å². The smallest absolute Gasteiger partial charge is 0.0543 e. The summed E-state index contributed by atoms with van der Waals surface area (Å²) in [7, 11) is 0. The molecule has 0 aromatic carbocycles. The van der Waals surface area contributed by atoms with Crippen LogP contribution in [0.15, 0.2) is 0 Å². The van der Waals surface area contributed by atoms with Gasteiger partial charge in [0.2, 0.25) is 0 Å². The molecule has 0 heterocycles. The van der Waals surface area contributed by atoms with Gasteiger partial charge in [0.05, 0.1) is 6.10 Å². The Kier molecular flexibility index (Phi) is 3.71. The summed E-state index contributed by atoms with van der Waals surface area (Å²) >= 11 is 0. The van der Waals surface area contributed by atoms with Gasteiger partial charge in [0.25, 0.3) is 0 Å². The average molecular weight is 210 g/mol. The van der Waals surface area contributed by atoms with Crippen molar-refractivity contribution in [1.82, 2.24) is 0 Å².